The Hall–Kier alpha value is -1.81. The number of halogens is 1. The Labute approximate surface area is 152 Å². The minimum atomic E-state index is -3.90. The summed E-state index contributed by atoms with van der Waals surface area (Å²) in [5.74, 6) is 0.271. The second-order valence-electron chi connectivity index (χ2n) is 5.92. The fourth-order valence-corrected chi connectivity index (χ4v) is 3.97. The normalized spacial score (nSPS) is 12.8. The van der Waals surface area contributed by atoms with Gasteiger partial charge in [-0.3, -0.25) is 15.1 Å². The zero-order valence-electron chi connectivity index (χ0n) is 13.9. The van der Waals surface area contributed by atoms with Crippen LogP contribution in [0.4, 0.5) is 5.69 Å². The summed E-state index contributed by atoms with van der Waals surface area (Å²) in [4.78, 5) is 14.5. The molecule has 0 fully saturated rings. The third-order valence-electron chi connectivity index (χ3n) is 3.56. The summed E-state index contributed by atoms with van der Waals surface area (Å²) in [6.07, 6.45) is 1.99. The average molecular weight is 389 g/mol. The summed E-state index contributed by atoms with van der Waals surface area (Å²) in [6.45, 7) is 4.11. The van der Waals surface area contributed by atoms with Gasteiger partial charge in [-0.25, -0.2) is 13.1 Å². The maximum Gasteiger partial charge on any atom is 0.278 e. The molecule has 1 heterocycles. The maximum atomic E-state index is 12.7. The predicted octanol–water partition coefficient (Wildman–Crippen LogP) is 2.22. The molecule has 1 atom stereocenters. The second-order valence-corrected chi connectivity index (χ2v) is 7.61. The molecule has 0 amide bonds. The lowest BCUT2D eigenvalue weighted by Crippen LogP contribution is -2.41. The van der Waals surface area contributed by atoms with E-state index in [2.05, 4.69) is 9.71 Å². The highest BCUT2D eigenvalue weighted by Crippen LogP contribution is 2.29. The maximum absolute atomic E-state index is 12.7. The smallest absolute Gasteiger partial charge is 0.278 e. The fraction of sp³-hybridized carbons (Fsp3) is 0.400. The van der Waals surface area contributed by atoms with Gasteiger partial charge in [0.2, 0.25) is 10.0 Å². The van der Waals surface area contributed by atoms with Gasteiger partial charge < -0.3 is 5.73 Å². The molecule has 1 aromatic carbocycles. The van der Waals surface area contributed by atoms with E-state index in [1.165, 1.54) is 30.5 Å². The standard InChI is InChI=1S/C15H20N4O4S.ClH/c1-10(2)8-11(9-16)18-24(22,23)14-6-5-13(19(20)21)12-4-3-7-17-15(12)14;/h3-7,10-11,18H,8-9,16H2,1-2H3;1H. The number of nitro benzene ring substituents is 1. The summed E-state index contributed by atoms with van der Waals surface area (Å²) in [7, 11) is -3.90. The highest BCUT2D eigenvalue weighted by atomic mass is 35.5. The molecule has 0 aliphatic carbocycles. The van der Waals surface area contributed by atoms with Crippen LogP contribution in [0.3, 0.4) is 0 Å². The lowest BCUT2D eigenvalue weighted by atomic mass is 10.1. The first-order chi connectivity index (χ1) is 11.3. The van der Waals surface area contributed by atoms with Gasteiger partial charge in [0.15, 0.2) is 0 Å². The molecule has 3 N–H and O–H groups in total. The number of fused-ring (bicyclic) bond motifs is 1. The van der Waals surface area contributed by atoms with Gasteiger partial charge >= 0.3 is 0 Å². The van der Waals surface area contributed by atoms with Crippen LogP contribution in [0, 0.1) is 16.0 Å². The van der Waals surface area contributed by atoms with Crippen molar-refractivity contribution in [2.24, 2.45) is 11.7 Å². The Kier molecular flexibility index (Phi) is 7.24. The third-order valence-corrected chi connectivity index (χ3v) is 5.11. The highest BCUT2D eigenvalue weighted by Gasteiger charge is 2.25. The van der Waals surface area contributed by atoms with E-state index in [0.29, 0.717) is 6.42 Å². The number of nitrogens with zero attached hydrogens (tertiary/aromatic N) is 2. The van der Waals surface area contributed by atoms with Crippen LogP contribution in [0.15, 0.2) is 35.4 Å². The van der Waals surface area contributed by atoms with Crippen molar-refractivity contribution < 1.29 is 13.3 Å². The second kappa shape index (κ2) is 8.52. The first-order valence-corrected chi connectivity index (χ1v) is 8.99. The van der Waals surface area contributed by atoms with Gasteiger partial charge in [0.1, 0.15) is 4.90 Å². The van der Waals surface area contributed by atoms with Gasteiger partial charge in [-0.05, 0) is 30.5 Å². The van der Waals surface area contributed by atoms with Crippen LogP contribution in [0.2, 0.25) is 0 Å². The monoisotopic (exact) mass is 388 g/mol. The minimum absolute atomic E-state index is 0. The molecular formula is C15H21ClN4O4S. The first kappa shape index (κ1) is 21.2. The molecule has 2 aromatic rings. The van der Waals surface area contributed by atoms with Crippen molar-refractivity contribution in [3.8, 4) is 0 Å². The summed E-state index contributed by atoms with van der Waals surface area (Å²) in [5.41, 5.74) is 5.53. The van der Waals surface area contributed by atoms with Crippen LogP contribution in [-0.2, 0) is 10.0 Å². The Morgan fingerprint density at radius 2 is 2.00 bits per heavy atom. The molecule has 0 aliphatic rings. The van der Waals surface area contributed by atoms with Gasteiger partial charge in [0, 0.05) is 24.8 Å². The quantitative estimate of drug-likeness (QED) is 0.552. The molecule has 8 nitrogen and oxygen atoms in total. The Morgan fingerprint density at radius 1 is 1.32 bits per heavy atom. The number of non-ortho nitro benzene ring substituents is 1. The van der Waals surface area contributed by atoms with E-state index in [1.54, 1.807) is 0 Å². The molecule has 0 radical (unpaired) electrons. The first-order valence-electron chi connectivity index (χ1n) is 7.50. The Morgan fingerprint density at radius 3 is 2.56 bits per heavy atom. The number of aromatic nitrogens is 1. The van der Waals surface area contributed by atoms with Crippen molar-refractivity contribution in [2.45, 2.75) is 31.2 Å². The van der Waals surface area contributed by atoms with Crippen LogP contribution >= 0.6 is 12.4 Å². The molecular weight excluding hydrogens is 368 g/mol. The lowest BCUT2D eigenvalue weighted by Gasteiger charge is -2.19. The molecule has 25 heavy (non-hydrogen) atoms. The predicted molar refractivity (Wildman–Crippen MR) is 98.3 cm³/mol. The van der Waals surface area contributed by atoms with Crippen LogP contribution in [0.1, 0.15) is 20.3 Å². The number of benzene rings is 1. The van der Waals surface area contributed by atoms with Crippen molar-refractivity contribution >= 4 is 39.0 Å². The zero-order chi connectivity index (χ0) is 17.9. The number of nitrogens with one attached hydrogen (secondary N) is 1. The van der Waals surface area contributed by atoms with Gasteiger partial charge in [-0.1, -0.05) is 13.8 Å². The van der Waals surface area contributed by atoms with Gasteiger partial charge in [0.25, 0.3) is 5.69 Å². The van der Waals surface area contributed by atoms with Crippen molar-refractivity contribution in [1.29, 1.82) is 0 Å². The number of pyridine rings is 1. The average Bonchev–Trinajstić information content (AvgIpc) is 2.52. The number of nitrogens with two attached hydrogens (primary N) is 1. The molecule has 138 valence electrons. The number of nitro groups is 1. The Balaban J connectivity index is 0.00000312. The molecule has 1 aromatic heterocycles. The van der Waals surface area contributed by atoms with Crippen LogP contribution in [0.5, 0.6) is 0 Å². The summed E-state index contributed by atoms with van der Waals surface area (Å²) < 4.78 is 28.0. The molecule has 0 aliphatic heterocycles. The molecule has 2 rings (SSSR count). The van der Waals surface area contributed by atoms with Crippen LogP contribution < -0.4 is 10.5 Å². The van der Waals surface area contributed by atoms with Crippen LogP contribution in [-0.4, -0.2) is 30.9 Å². The summed E-state index contributed by atoms with van der Waals surface area (Å²) in [6, 6.07) is 4.98. The van der Waals surface area contributed by atoms with Gasteiger partial charge in [-0.15, -0.1) is 12.4 Å². The van der Waals surface area contributed by atoms with E-state index in [0.717, 1.165) is 0 Å². The van der Waals surface area contributed by atoms with Crippen molar-refractivity contribution in [3.05, 3.63) is 40.6 Å². The van der Waals surface area contributed by atoms with Crippen molar-refractivity contribution in [3.63, 3.8) is 0 Å². The van der Waals surface area contributed by atoms with Gasteiger partial charge in [-0.2, -0.15) is 0 Å². The lowest BCUT2D eigenvalue weighted by molar-refractivity contribution is -0.383. The van der Waals surface area contributed by atoms with Gasteiger partial charge in [0.05, 0.1) is 15.8 Å². The largest absolute Gasteiger partial charge is 0.329 e. The Bertz CT molecular complexity index is 858. The number of rotatable bonds is 7. The molecule has 0 bridgehead atoms. The molecule has 1 unspecified atom stereocenters. The number of hydrogen-bond donors (Lipinski definition) is 2. The van der Waals surface area contributed by atoms with Crippen LogP contribution in [0.25, 0.3) is 10.9 Å². The number of sulfonamides is 1. The van der Waals surface area contributed by atoms with E-state index in [9.17, 15) is 18.5 Å². The molecule has 0 saturated heterocycles. The SMILES string of the molecule is CC(C)CC(CN)NS(=O)(=O)c1ccc([N+](=O)[O-])c2cccnc12.Cl. The van der Waals surface area contributed by atoms with Crippen molar-refractivity contribution in [1.82, 2.24) is 9.71 Å². The van der Waals surface area contributed by atoms with Crippen molar-refractivity contribution in [2.75, 3.05) is 6.54 Å². The molecule has 0 spiro atoms. The summed E-state index contributed by atoms with van der Waals surface area (Å²) in [5, 5.41) is 11.3. The van der Waals surface area contributed by atoms with E-state index < -0.39 is 21.0 Å². The fourth-order valence-electron chi connectivity index (χ4n) is 2.55. The zero-order valence-corrected chi connectivity index (χ0v) is 15.5. The third kappa shape index (κ3) is 4.85. The van der Waals surface area contributed by atoms with E-state index >= 15 is 0 Å². The minimum Gasteiger partial charge on any atom is -0.329 e. The number of hydrogen-bond acceptors (Lipinski definition) is 6. The summed E-state index contributed by atoms with van der Waals surface area (Å²) >= 11 is 0. The topological polar surface area (TPSA) is 128 Å². The highest BCUT2D eigenvalue weighted by molar-refractivity contribution is 7.89. The van der Waals surface area contributed by atoms with E-state index in [4.69, 9.17) is 5.73 Å². The molecule has 0 saturated carbocycles. The molecule has 10 heteroatoms. The van der Waals surface area contributed by atoms with E-state index in [-0.39, 0.29) is 46.4 Å². The van der Waals surface area contributed by atoms with E-state index in [1.807, 2.05) is 13.8 Å².